The molecule has 0 bridgehead atoms. The quantitative estimate of drug-likeness (QED) is 0.805. The van der Waals surface area contributed by atoms with Crippen LogP contribution in [0.2, 0.25) is 5.02 Å². The average Bonchev–Trinajstić information content (AvgIpc) is 2.35. The Morgan fingerprint density at radius 1 is 1.22 bits per heavy atom. The van der Waals surface area contributed by atoms with Gasteiger partial charge in [-0.25, -0.2) is 0 Å². The van der Waals surface area contributed by atoms with Crippen LogP contribution >= 0.6 is 23.4 Å². The first-order chi connectivity index (χ1) is 8.47. The number of nitrogens with two attached hydrogens (primary N) is 1. The van der Waals surface area contributed by atoms with E-state index in [1.54, 1.807) is 0 Å². The highest BCUT2D eigenvalue weighted by Crippen LogP contribution is 2.40. The maximum Gasteiger partial charge on any atom is 0.0465 e. The third-order valence-corrected chi connectivity index (χ3v) is 5.59. The summed E-state index contributed by atoms with van der Waals surface area (Å²) in [6.07, 6.45) is 0.966. The van der Waals surface area contributed by atoms with E-state index in [0.717, 1.165) is 11.4 Å². The Morgan fingerprint density at radius 2 is 1.83 bits per heavy atom. The Labute approximate surface area is 120 Å². The van der Waals surface area contributed by atoms with Crippen molar-refractivity contribution in [3.05, 3.63) is 34.9 Å². The van der Waals surface area contributed by atoms with Gasteiger partial charge in [-0.05, 0) is 24.0 Å². The fourth-order valence-corrected chi connectivity index (χ4v) is 3.55. The van der Waals surface area contributed by atoms with E-state index in [4.69, 9.17) is 17.3 Å². The molecule has 0 fully saturated rings. The summed E-state index contributed by atoms with van der Waals surface area (Å²) in [6.45, 7) is 8.90. The molecule has 18 heavy (non-hydrogen) atoms. The molecule has 1 nitrogen and oxygen atoms in total. The summed E-state index contributed by atoms with van der Waals surface area (Å²) >= 11 is 8.26. The molecule has 1 rings (SSSR count). The maximum atomic E-state index is 6.31. The summed E-state index contributed by atoms with van der Waals surface area (Å²) in [5, 5.41) is 1.68. The monoisotopic (exact) mass is 285 g/mol. The lowest BCUT2D eigenvalue weighted by atomic mass is 10.0. The largest absolute Gasteiger partial charge is 0.326 e. The van der Waals surface area contributed by atoms with E-state index in [2.05, 4.69) is 33.8 Å². The molecule has 0 heterocycles. The predicted octanol–water partition coefficient (Wildman–Crippen LogP) is 4.90. The van der Waals surface area contributed by atoms with Crippen molar-refractivity contribution < 1.29 is 0 Å². The SMILES string of the molecule is CCC(N)C(SC(C)C(C)C)c1ccccc1Cl. The zero-order valence-electron chi connectivity index (χ0n) is 11.7. The molecular formula is C15H24ClNS. The summed E-state index contributed by atoms with van der Waals surface area (Å²) in [5.41, 5.74) is 7.46. The van der Waals surface area contributed by atoms with E-state index in [9.17, 15) is 0 Å². The molecule has 1 aromatic rings. The van der Waals surface area contributed by atoms with E-state index in [1.165, 1.54) is 5.56 Å². The van der Waals surface area contributed by atoms with Crippen LogP contribution in [0.3, 0.4) is 0 Å². The fourth-order valence-electron chi connectivity index (χ4n) is 1.71. The van der Waals surface area contributed by atoms with Crippen molar-refractivity contribution in [3.8, 4) is 0 Å². The highest BCUT2D eigenvalue weighted by atomic mass is 35.5. The molecule has 1 aromatic carbocycles. The third kappa shape index (κ3) is 4.18. The molecule has 0 saturated carbocycles. The minimum absolute atomic E-state index is 0.149. The first-order valence-corrected chi connectivity index (χ1v) is 7.94. The first kappa shape index (κ1) is 15.9. The number of benzene rings is 1. The van der Waals surface area contributed by atoms with E-state index in [1.807, 2.05) is 30.0 Å². The molecule has 3 unspecified atom stereocenters. The van der Waals surface area contributed by atoms with Gasteiger partial charge in [0.1, 0.15) is 0 Å². The molecular weight excluding hydrogens is 262 g/mol. The van der Waals surface area contributed by atoms with Gasteiger partial charge in [0.25, 0.3) is 0 Å². The van der Waals surface area contributed by atoms with Crippen LogP contribution in [0, 0.1) is 5.92 Å². The molecule has 0 aliphatic rings. The molecule has 0 saturated heterocycles. The van der Waals surface area contributed by atoms with Gasteiger partial charge in [-0.3, -0.25) is 0 Å². The van der Waals surface area contributed by atoms with E-state index >= 15 is 0 Å². The van der Waals surface area contributed by atoms with Gasteiger partial charge in [-0.1, -0.05) is 57.5 Å². The average molecular weight is 286 g/mol. The molecule has 0 radical (unpaired) electrons. The van der Waals surface area contributed by atoms with Gasteiger partial charge in [0.05, 0.1) is 0 Å². The van der Waals surface area contributed by atoms with Crippen LogP contribution in [-0.4, -0.2) is 11.3 Å². The number of halogens is 1. The molecule has 0 aliphatic carbocycles. The standard InChI is InChI=1S/C15H24ClNS/c1-5-14(17)15(18-11(4)10(2)3)12-8-6-7-9-13(12)16/h6-11,14-15H,5,17H2,1-4H3. The highest BCUT2D eigenvalue weighted by Gasteiger charge is 2.24. The lowest BCUT2D eigenvalue weighted by Crippen LogP contribution is -2.27. The van der Waals surface area contributed by atoms with Gasteiger partial charge in [0.15, 0.2) is 0 Å². The molecule has 0 amide bonds. The van der Waals surface area contributed by atoms with Gasteiger partial charge >= 0.3 is 0 Å². The molecule has 3 heteroatoms. The Bertz CT molecular complexity index is 367. The van der Waals surface area contributed by atoms with Crippen LogP contribution in [0.25, 0.3) is 0 Å². The summed E-state index contributed by atoms with van der Waals surface area (Å²) in [4.78, 5) is 0. The number of hydrogen-bond acceptors (Lipinski definition) is 2. The second-order valence-corrected chi connectivity index (χ2v) is 7.03. The van der Waals surface area contributed by atoms with Gasteiger partial charge in [-0.15, -0.1) is 11.8 Å². The zero-order valence-corrected chi connectivity index (χ0v) is 13.3. The highest BCUT2D eigenvalue weighted by molar-refractivity contribution is 8.00. The predicted molar refractivity (Wildman–Crippen MR) is 84.4 cm³/mol. The summed E-state index contributed by atoms with van der Waals surface area (Å²) in [5.74, 6) is 0.643. The minimum atomic E-state index is 0.149. The van der Waals surface area contributed by atoms with E-state index < -0.39 is 0 Å². The van der Waals surface area contributed by atoms with Crippen LogP contribution < -0.4 is 5.73 Å². The molecule has 0 aliphatic heterocycles. The Morgan fingerprint density at radius 3 is 2.33 bits per heavy atom. The van der Waals surface area contributed by atoms with Crippen molar-refractivity contribution in [1.82, 2.24) is 0 Å². The lowest BCUT2D eigenvalue weighted by Gasteiger charge is -2.28. The van der Waals surface area contributed by atoms with Crippen molar-refractivity contribution in [2.75, 3.05) is 0 Å². The fraction of sp³-hybridized carbons (Fsp3) is 0.600. The Kier molecular flexibility index (Phi) is 6.54. The van der Waals surface area contributed by atoms with Gasteiger partial charge < -0.3 is 5.73 Å². The summed E-state index contributed by atoms with van der Waals surface area (Å²) < 4.78 is 0. The van der Waals surface area contributed by atoms with Crippen LogP contribution in [0.4, 0.5) is 0 Å². The van der Waals surface area contributed by atoms with E-state index in [-0.39, 0.29) is 11.3 Å². The Balaban J connectivity index is 2.95. The summed E-state index contributed by atoms with van der Waals surface area (Å²) in [6, 6.07) is 8.21. The topological polar surface area (TPSA) is 26.0 Å². The molecule has 0 aromatic heterocycles. The third-order valence-electron chi connectivity index (χ3n) is 3.37. The van der Waals surface area contributed by atoms with Crippen LogP contribution in [0.5, 0.6) is 0 Å². The minimum Gasteiger partial charge on any atom is -0.326 e. The number of thioether (sulfide) groups is 1. The summed E-state index contributed by atoms with van der Waals surface area (Å²) in [7, 11) is 0. The van der Waals surface area contributed by atoms with Gasteiger partial charge in [-0.2, -0.15) is 0 Å². The van der Waals surface area contributed by atoms with Crippen LogP contribution in [0.15, 0.2) is 24.3 Å². The second-order valence-electron chi connectivity index (χ2n) is 5.10. The first-order valence-electron chi connectivity index (χ1n) is 6.62. The van der Waals surface area contributed by atoms with E-state index in [0.29, 0.717) is 11.2 Å². The number of rotatable bonds is 6. The Hall–Kier alpha value is -0.180. The van der Waals surface area contributed by atoms with Crippen molar-refractivity contribution >= 4 is 23.4 Å². The molecule has 2 N–H and O–H groups in total. The second kappa shape index (κ2) is 7.42. The van der Waals surface area contributed by atoms with Gasteiger partial charge in [0.2, 0.25) is 0 Å². The lowest BCUT2D eigenvalue weighted by molar-refractivity contribution is 0.609. The molecule has 3 atom stereocenters. The number of hydrogen-bond donors (Lipinski definition) is 1. The van der Waals surface area contributed by atoms with Gasteiger partial charge in [0, 0.05) is 21.6 Å². The smallest absolute Gasteiger partial charge is 0.0465 e. The normalized spacial score (nSPS) is 16.6. The van der Waals surface area contributed by atoms with Crippen molar-refractivity contribution in [3.63, 3.8) is 0 Å². The van der Waals surface area contributed by atoms with Crippen molar-refractivity contribution in [1.29, 1.82) is 0 Å². The van der Waals surface area contributed by atoms with Crippen molar-refractivity contribution in [2.24, 2.45) is 11.7 Å². The van der Waals surface area contributed by atoms with Crippen LogP contribution in [-0.2, 0) is 0 Å². The molecule has 102 valence electrons. The zero-order chi connectivity index (χ0) is 13.7. The van der Waals surface area contributed by atoms with Crippen LogP contribution in [0.1, 0.15) is 44.9 Å². The maximum absolute atomic E-state index is 6.31. The molecule has 0 spiro atoms. The van der Waals surface area contributed by atoms with Crippen molar-refractivity contribution in [2.45, 2.75) is 50.7 Å².